The second-order valence-electron chi connectivity index (χ2n) is 5.54. The number of amides is 1. The maximum Gasteiger partial charge on any atom is 0.311 e. The largest absolute Gasteiger partial charge is 0.477 e. The zero-order valence-electron chi connectivity index (χ0n) is 14.8. The van der Waals surface area contributed by atoms with Gasteiger partial charge >= 0.3 is 5.69 Å². The molecule has 0 aliphatic heterocycles. The number of non-ortho nitro benzene ring substituents is 1. The fraction of sp³-hybridized carbons (Fsp3) is 0.111. The number of benzene rings is 2. The van der Waals surface area contributed by atoms with Gasteiger partial charge in [0.1, 0.15) is 0 Å². The van der Waals surface area contributed by atoms with Crippen LogP contribution < -0.4 is 10.2 Å². The van der Waals surface area contributed by atoms with Crippen molar-refractivity contribution in [2.45, 2.75) is 6.92 Å². The molecule has 2 aromatic rings. The molecule has 0 saturated carbocycles. The third kappa shape index (κ3) is 6.02. The minimum Gasteiger partial charge on any atom is -0.477 e. The normalized spacial score (nSPS) is 10.9. The van der Waals surface area contributed by atoms with Gasteiger partial charge < -0.3 is 4.74 Å². The Labute approximate surface area is 159 Å². The van der Waals surface area contributed by atoms with Gasteiger partial charge in [-0.05, 0) is 30.2 Å². The van der Waals surface area contributed by atoms with E-state index in [-0.39, 0.29) is 17.1 Å². The average Bonchev–Trinajstić information content (AvgIpc) is 2.66. The van der Waals surface area contributed by atoms with Gasteiger partial charge in [-0.15, -0.1) is 0 Å². The summed E-state index contributed by atoms with van der Waals surface area (Å²) in [4.78, 5) is 32.3. The molecule has 0 bridgehead atoms. The SMILES string of the molecule is Cc1ccc(OCC(=O)NN=CC=Cc2cccc([N+](=O)[O-])c2)c([N+](=O)[O-])c1. The van der Waals surface area contributed by atoms with Gasteiger partial charge in [0.2, 0.25) is 0 Å². The van der Waals surface area contributed by atoms with Crippen molar-refractivity contribution in [2.75, 3.05) is 6.61 Å². The quantitative estimate of drug-likeness (QED) is 0.422. The molecule has 2 aromatic carbocycles. The lowest BCUT2D eigenvalue weighted by atomic mass is 10.2. The van der Waals surface area contributed by atoms with Crippen LogP contribution in [0.1, 0.15) is 11.1 Å². The van der Waals surface area contributed by atoms with E-state index in [0.29, 0.717) is 11.1 Å². The van der Waals surface area contributed by atoms with Crippen molar-refractivity contribution in [2.24, 2.45) is 5.10 Å². The van der Waals surface area contributed by atoms with Crippen molar-refractivity contribution < 1.29 is 19.4 Å². The summed E-state index contributed by atoms with van der Waals surface area (Å²) in [6.07, 6.45) is 4.35. The van der Waals surface area contributed by atoms with E-state index in [1.165, 1.54) is 36.6 Å². The molecule has 0 heterocycles. The number of carbonyl (C=O) groups is 1. The molecular formula is C18H16N4O6. The molecule has 0 aliphatic rings. The van der Waals surface area contributed by atoms with Gasteiger partial charge in [-0.3, -0.25) is 25.0 Å². The van der Waals surface area contributed by atoms with E-state index in [1.54, 1.807) is 31.2 Å². The number of allylic oxidation sites excluding steroid dienone is 1. The molecule has 28 heavy (non-hydrogen) atoms. The van der Waals surface area contributed by atoms with E-state index in [9.17, 15) is 25.0 Å². The minimum absolute atomic E-state index is 0.0136. The van der Waals surface area contributed by atoms with Crippen LogP contribution in [0.2, 0.25) is 0 Å². The van der Waals surface area contributed by atoms with Crippen molar-refractivity contribution in [1.29, 1.82) is 0 Å². The van der Waals surface area contributed by atoms with E-state index in [2.05, 4.69) is 10.5 Å². The highest BCUT2D eigenvalue weighted by molar-refractivity contribution is 5.82. The Hall–Kier alpha value is -4.08. The number of hydrogen-bond donors (Lipinski definition) is 1. The lowest BCUT2D eigenvalue weighted by Gasteiger charge is -2.06. The number of ether oxygens (including phenoxy) is 1. The fourth-order valence-corrected chi connectivity index (χ4v) is 2.12. The van der Waals surface area contributed by atoms with Crippen LogP contribution in [0.3, 0.4) is 0 Å². The number of nitrogens with zero attached hydrogens (tertiary/aromatic N) is 3. The van der Waals surface area contributed by atoms with Gasteiger partial charge in [0.25, 0.3) is 11.6 Å². The van der Waals surface area contributed by atoms with Crippen LogP contribution in [0.4, 0.5) is 11.4 Å². The van der Waals surface area contributed by atoms with E-state index in [4.69, 9.17) is 4.74 Å². The first-order chi connectivity index (χ1) is 13.4. The minimum atomic E-state index is -0.602. The maximum absolute atomic E-state index is 11.7. The molecule has 0 radical (unpaired) electrons. The van der Waals surface area contributed by atoms with E-state index < -0.39 is 22.4 Å². The van der Waals surface area contributed by atoms with Crippen molar-refractivity contribution in [1.82, 2.24) is 5.43 Å². The first-order valence-electron chi connectivity index (χ1n) is 7.97. The Kier molecular flexibility index (Phi) is 6.92. The molecule has 0 atom stereocenters. The zero-order chi connectivity index (χ0) is 20.5. The predicted octanol–water partition coefficient (Wildman–Crippen LogP) is 3.01. The third-order valence-electron chi connectivity index (χ3n) is 3.39. The Balaban J connectivity index is 1.85. The molecule has 0 saturated heterocycles. The highest BCUT2D eigenvalue weighted by Gasteiger charge is 2.16. The van der Waals surface area contributed by atoms with Crippen LogP contribution in [0.25, 0.3) is 6.08 Å². The molecule has 10 heteroatoms. The van der Waals surface area contributed by atoms with Crippen LogP contribution in [0.15, 0.2) is 53.6 Å². The summed E-state index contributed by atoms with van der Waals surface area (Å²) in [5.41, 5.74) is 3.24. The number of nitrogens with one attached hydrogen (secondary N) is 1. The zero-order valence-corrected chi connectivity index (χ0v) is 14.8. The first-order valence-corrected chi connectivity index (χ1v) is 7.97. The Bertz CT molecular complexity index is 955. The Morgan fingerprint density at radius 3 is 2.68 bits per heavy atom. The van der Waals surface area contributed by atoms with Crippen molar-refractivity contribution in [3.63, 3.8) is 0 Å². The van der Waals surface area contributed by atoms with Crippen LogP contribution in [0.5, 0.6) is 5.75 Å². The molecular weight excluding hydrogens is 368 g/mol. The van der Waals surface area contributed by atoms with E-state index in [0.717, 1.165) is 0 Å². The van der Waals surface area contributed by atoms with Crippen LogP contribution in [-0.2, 0) is 4.79 Å². The summed E-state index contributed by atoms with van der Waals surface area (Å²) in [5.74, 6) is -0.616. The number of carbonyl (C=O) groups excluding carboxylic acids is 1. The van der Waals surface area contributed by atoms with E-state index in [1.807, 2.05) is 0 Å². The lowest BCUT2D eigenvalue weighted by molar-refractivity contribution is -0.385. The van der Waals surface area contributed by atoms with Gasteiger partial charge in [0.15, 0.2) is 12.4 Å². The smallest absolute Gasteiger partial charge is 0.311 e. The van der Waals surface area contributed by atoms with Gasteiger partial charge in [-0.2, -0.15) is 5.10 Å². The Morgan fingerprint density at radius 1 is 1.18 bits per heavy atom. The highest BCUT2D eigenvalue weighted by Crippen LogP contribution is 2.27. The van der Waals surface area contributed by atoms with Crippen LogP contribution >= 0.6 is 0 Å². The number of aryl methyl sites for hydroxylation is 1. The Morgan fingerprint density at radius 2 is 1.96 bits per heavy atom. The molecule has 10 nitrogen and oxygen atoms in total. The molecule has 1 amide bonds. The first kappa shape index (κ1) is 20.2. The lowest BCUT2D eigenvalue weighted by Crippen LogP contribution is -2.24. The van der Waals surface area contributed by atoms with Crippen LogP contribution in [0, 0.1) is 27.2 Å². The summed E-state index contributed by atoms with van der Waals surface area (Å²) in [6, 6.07) is 10.4. The number of hydrazone groups is 1. The molecule has 0 aliphatic carbocycles. The predicted molar refractivity (Wildman–Crippen MR) is 102 cm³/mol. The summed E-state index contributed by atoms with van der Waals surface area (Å²) in [6.45, 7) is 1.26. The second-order valence-corrected chi connectivity index (χ2v) is 5.54. The summed E-state index contributed by atoms with van der Waals surface area (Å²) in [5, 5.41) is 25.4. The summed E-state index contributed by atoms with van der Waals surface area (Å²) < 4.78 is 5.17. The molecule has 0 aromatic heterocycles. The molecule has 0 unspecified atom stereocenters. The van der Waals surface area contributed by atoms with Crippen molar-refractivity contribution in [3.8, 4) is 5.75 Å². The third-order valence-corrected chi connectivity index (χ3v) is 3.39. The second kappa shape index (κ2) is 9.57. The average molecular weight is 384 g/mol. The number of nitro benzene ring substituents is 2. The monoisotopic (exact) mass is 384 g/mol. The maximum atomic E-state index is 11.7. The number of rotatable bonds is 8. The van der Waals surface area contributed by atoms with Gasteiger partial charge in [0.05, 0.1) is 9.85 Å². The van der Waals surface area contributed by atoms with Crippen molar-refractivity contribution in [3.05, 3.63) is 79.9 Å². The molecule has 0 fully saturated rings. The molecule has 2 rings (SSSR count). The van der Waals surface area contributed by atoms with E-state index >= 15 is 0 Å². The molecule has 144 valence electrons. The van der Waals surface area contributed by atoms with Crippen LogP contribution in [-0.4, -0.2) is 28.6 Å². The number of nitro groups is 2. The fourth-order valence-electron chi connectivity index (χ4n) is 2.12. The summed E-state index contributed by atoms with van der Waals surface area (Å²) >= 11 is 0. The standard InChI is InChI=1S/C18H16N4O6/c1-13-7-8-17(16(10-13)22(26)27)28-12-18(23)20-19-9-3-5-14-4-2-6-15(11-14)21(24)25/h2-11H,12H2,1H3,(H,20,23). The van der Waals surface area contributed by atoms with Gasteiger partial charge in [-0.25, -0.2) is 5.43 Å². The highest BCUT2D eigenvalue weighted by atomic mass is 16.6. The summed E-state index contributed by atoms with van der Waals surface area (Å²) in [7, 11) is 0. The topological polar surface area (TPSA) is 137 Å². The van der Waals surface area contributed by atoms with Gasteiger partial charge in [-0.1, -0.05) is 24.3 Å². The van der Waals surface area contributed by atoms with Gasteiger partial charge in [0, 0.05) is 24.4 Å². The molecule has 0 spiro atoms. The van der Waals surface area contributed by atoms with Crippen molar-refractivity contribution >= 4 is 29.6 Å². The number of hydrogen-bond acceptors (Lipinski definition) is 7. The molecule has 1 N–H and O–H groups in total.